The predicted octanol–water partition coefficient (Wildman–Crippen LogP) is 3.23. The quantitative estimate of drug-likeness (QED) is 0.404. The lowest BCUT2D eigenvalue weighted by Crippen LogP contribution is -2.29. The third kappa shape index (κ3) is 3.94. The van der Waals surface area contributed by atoms with Crippen LogP contribution in [0.2, 0.25) is 0 Å². The van der Waals surface area contributed by atoms with E-state index in [4.69, 9.17) is 14.9 Å². The van der Waals surface area contributed by atoms with Crippen LogP contribution < -0.4 is 20.1 Å². The highest BCUT2D eigenvalue weighted by molar-refractivity contribution is 5.90. The van der Waals surface area contributed by atoms with Gasteiger partial charge in [-0.2, -0.15) is 5.10 Å². The molecule has 134 valence electrons. The SMILES string of the molecule is COc1cccc(OC)c1CNC(=N)Nc1cc(-c2ccccc2)[nH]n1. The van der Waals surface area contributed by atoms with Crippen LogP contribution in [0.4, 0.5) is 5.82 Å². The molecule has 0 bridgehead atoms. The van der Waals surface area contributed by atoms with E-state index in [1.165, 1.54) is 0 Å². The Morgan fingerprint density at radius 1 is 1.04 bits per heavy atom. The topological polar surface area (TPSA) is 95.0 Å². The molecular weight excluding hydrogens is 330 g/mol. The highest BCUT2D eigenvalue weighted by Crippen LogP contribution is 2.27. The molecule has 3 aromatic rings. The number of ether oxygens (including phenoxy) is 2. The van der Waals surface area contributed by atoms with Crippen LogP contribution in [0.25, 0.3) is 11.3 Å². The fourth-order valence-electron chi connectivity index (χ4n) is 2.60. The second-order valence-corrected chi connectivity index (χ2v) is 5.53. The summed E-state index contributed by atoms with van der Waals surface area (Å²) in [4.78, 5) is 0. The predicted molar refractivity (Wildman–Crippen MR) is 102 cm³/mol. The van der Waals surface area contributed by atoms with Crippen LogP contribution in [0.15, 0.2) is 54.6 Å². The van der Waals surface area contributed by atoms with Gasteiger partial charge in [0, 0.05) is 6.07 Å². The first-order chi connectivity index (χ1) is 12.7. The Balaban J connectivity index is 1.63. The second kappa shape index (κ2) is 8.06. The lowest BCUT2D eigenvalue weighted by atomic mass is 10.1. The van der Waals surface area contributed by atoms with Gasteiger partial charge in [-0.25, -0.2) is 0 Å². The van der Waals surface area contributed by atoms with Crippen molar-refractivity contribution in [2.75, 3.05) is 19.5 Å². The summed E-state index contributed by atoms with van der Waals surface area (Å²) in [5.74, 6) is 2.10. The van der Waals surface area contributed by atoms with Gasteiger partial charge in [-0.1, -0.05) is 36.4 Å². The van der Waals surface area contributed by atoms with Gasteiger partial charge in [-0.05, 0) is 17.7 Å². The van der Waals surface area contributed by atoms with Crippen LogP contribution in [-0.2, 0) is 6.54 Å². The molecule has 0 aliphatic heterocycles. The normalized spacial score (nSPS) is 10.2. The highest BCUT2D eigenvalue weighted by atomic mass is 16.5. The Kier molecular flexibility index (Phi) is 5.38. The number of rotatable bonds is 6. The van der Waals surface area contributed by atoms with Crippen LogP contribution >= 0.6 is 0 Å². The molecule has 7 heteroatoms. The first kappa shape index (κ1) is 17.3. The molecule has 0 fully saturated rings. The number of methoxy groups -OCH3 is 2. The zero-order chi connectivity index (χ0) is 18.4. The summed E-state index contributed by atoms with van der Waals surface area (Å²) in [5, 5.41) is 21.2. The Morgan fingerprint density at radius 3 is 2.38 bits per heavy atom. The van der Waals surface area contributed by atoms with Crippen molar-refractivity contribution in [3.05, 3.63) is 60.2 Å². The van der Waals surface area contributed by atoms with Crippen molar-refractivity contribution in [2.45, 2.75) is 6.54 Å². The summed E-state index contributed by atoms with van der Waals surface area (Å²) >= 11 is 0. The Labute approximate surface area is 151 Å². The third-order valence-electron chi connectivity index (χ3n) is 3.89. The maximum Gasteiger partial charge on any atom is 0.194 e. The molecule has 4 N–H and O–H groups in total. The van der Waals surface area contributed by atoms with E-state index in [-0.39, 0.29) is 5.96 Å². The number of H-pyrrole nitrogens is 1. The molecule has 0 aliphatic carbocycles. The minimum absolute atomic E-state index is 0.129. The minimum atomic E-state index is 0.129. The van der Waals surface area contributed by atoms with Gasteiger partial charge in [0.1, 0.15) is 11.5 Å². The first-order valence-electron chi connectivity index (χ1n) is 8.11. The van der Waals surface area contributed by atoms with Gasteiger partial charge >= 0.3 is 0 Å². The van der Waals surface area contributed by atoms with Gasteiger partial charge in [0.05, 0.1) is 32.0 Å². The third-order valence-corrected chi connectivity index (χ3v) is 3.89. The lowest BCUT2D eigenvalue weighted by molar-refractivity contribution is 0.384. The zero-order valence-corrected chi connectivity index (χ0v) is 14.7. The molecule has 2 aromatic carbocycles. The number of hydrogen-bond acceptors (Lipinski definition) is 4. The molecule has 26 heavy (non-hydrogen) atoms. The van der Waals surface area contributed by atoms with E-state index in [2.05, 4.69) is 20.8 Å². The van der Waals surface area contributed by atoms with Crippen molar-refractivity contribution in [1.29, 1.82) is 5.41 Å². The van der Waals surface area contributed by atoms with Crippen LogP contribution in [0.1, 0.15) is 5.56 Å². The number of aromatic nitrogens is 2. The maximum atomic E-state index is 8.09. The number of nitrogens with zero attached hydrogens (tertiary/aromatic N) is 1. The average molecular weight is 351 g/mol. The van der Waals surface area contributed by atoms with Crippen molar-refractivity contribution >= 4 is 11.8 Å². The summed E-state index contributed by atoms with van der Waals surface area (Å²) in [6, 6.07) is 17.3. The van der Waals surface area contributed by atoms with Crippen molar-refractivity contribution < 1.29 is 9.47 Å². The molecule has 1 heterocycles. The second-order valence-electron chi connectivity index (χ2n) is 5.53. The Morgan fingerprint density at radius 2 is 1.73 bits per heavy atom. The van der Waals surface area contributed by atoms with E-state index >= 15 is 0 Å². The van der Waals surface area contributed by atoms with Crippen LogP contribution in [0, 0.1) is 5.41 Å². The number of aromatic amines is 1. The summed E-state index contributed by atoms with van der Waals surface area (Å²) in [6.45, 7) is 0.384. The average Bonchev–Trinajstić information content (AvgIpc) is 3.15. The van der Waals surface area contributed by atoms with Gasteiger partial charge in [0.25, 0.3) is 0 Å². The molecule has 0 saturated carbocycles. The van der Waals surface area contributed by atoms with E-state index in [1.54, 1.807) is 14.2 Å². The molecule has 7 nitrogen and oxygen atoms in total. The standard InChI is InChI=1S/C19H21N5O2/c1-25-16-9-6-10-17(26-2)14(16)12-21-19(20)22-18-11-15(23-24-18)13-7-4-3-5-8-13/h3-11H,12H2,1-2H3,(H4,20,21,22,23,24). The molecule has 1 aromatic heterocycles. The molecule has 0 saturated heterocycles. The van der Waals surface area contributed by atoms with E-state index in [0.717, 1.165) is 16.8 Å². The van der Waals surface area contributed by atoms with E-state index in [9.17, 15) is 0 Å². The van der Waals surface area contributed by atoms with Crippen molar-refractivity contribution in [3.8, 4) is 22.8 Å². The summed E-state index contributed by atoms with van der Waals surface area (Å²) in [5.41, 5.74) is 2.76. The van der Waals surface area contributed by atoms with Gasteiger partial charge in [-0.15, -0.1) is 0 Å². The number of nitrogens with one attached hydrogen (secondary N) is 4. The molecule has 0 radical (unpaired) electrons. The van der Waals surface area contributed by atoms with Crippen molar-refractivity contribution in [1.82, 2.24) is 15.5 Å². The fraction of sp³-hybridized carbons (Fsp3) is 0.158. The van der Waals surface area contributed by atoms with Gasteiger partial charge in [-0.3, -0.25) is 10.5 Å². The first-order valence-corrected chi connectivity index (χ1v) is 8.11. The summed E-state index contributed by atoms with van der Waals surface area (Å²) in [7, 11) is 3.22. The number of anilines is 1. The van der Waals surface area contributed by atoms with Crippen molar-refractivity contribution in [3.63, 3.8) is 0 Å². The van der Waals surface area contributed by atoms with Crippen molar-refractivity contribution in [2.24, 2.45) is 0 Å². The highest BCUT2D eigenvalue weighted by Gasteiger charge is 2.11. The van der Waals surface area contributed by atoms with E-state index in [0.29, 0.717) is 23.9 Å². The molecule has 0 aliphatic rings. The van der Waals surface area contributed by atoms with E-state index < -0.39 is 0 Å². The van der Waals surface area contributed by atoms with Crippen LogP contribution in [-0.4, -0.2) is 30.4 Å². The maximum absolute atomic E-state index is 8.09. The van der Waals surface area contributed by atoms with Gasteiger partial charge < -0.3 is 20.1 Å². The molecule has 0 spiro atoms. The number of benzene rings is 2. The molecule has 0 unspecified atom stereocenters. The zero-order valence-electron chi connectivity index (χ0n) is 14.7. The smallest absolute Gasteiger partial charge is 0.194 e. The summed E-state index contributed by atoms with van der Waals surface area (Å²) < 4.78 is 10.7. The van der Waals surface area contributed by atoms with Gasteiger partial charge in [0.15, 0.2) is 11.8 Å². The van der Waals surface area contributed by atoms with Gasteiger partial charge in [0.2, 0.25) is 0 Å². The molecular formula is C19H21N5O2. The Hall–Kier alpha value is -3.48. The largest absolute Gasteiger partial charge is 0.496 e. The fourth-order valence-corrected chi connectivity index (χ4v) is 2.60. The monoisotopic (exact) mass is 351 g/mol. The van der Waals surface area contributed by atoms with E-state index in [1.807, 2.05) is 54.6 Å². The van der Waals surface area contributed by atoms with Crippen LogP contribution in [0.5, 0.6) is 11.5 Å². The lowest BCUT2D eigenvalue weighted by Gasteiger charge is -2.14. The Bertz CT molecular complexity index is 854. The molecule has 3 rings (SSSR count). The summed E-state index contributed by atoms with van der Waals surface area (Å²) in [6.07, 6.45) is 0. The van der Waals surface area contributed by atoms with Crippen LogP contribution in [0.3, 0.4) is 0 Å². The number of hydrogen-bond donors (Lipinski definition) is 4. The molecule has 0 atom stereocenters. The molecule has 0 amide bonds. The number of guanidine groups is 1. The minimum Gasteiger partial charge on any atom is -0.496 e.